The van der Waals surface area contributed by atoms with Crippen molar-refractivity contribution in [3.05, 3.63) is 70.6 Å². The van der Waals surface area contributed by atoms with E-state index in [2.05, 4.69) is 5.32 Å². The van der Waals surface area contributed by atoms with E-state index in [0.717, 1.165) is 5.57 Å². The summed E-state index contributed by atoms with van der Waals surface area (Å²) in [6.45, 7) is 3.95. The third kappa shape index (κ3) is 6.53. The molecule has 0 spiro atoms. The Morgan fingerprint density at radius 1 is 1.16 bits per heavy atom. The van der Waals surface area contributed by atoms with E-state index >= 15 is 0 Å². The van der Waals surface area contributed by atoms with Crippen molar-refractivity contribution >= 4 is 11.6 Å². The highest BCUT2D eigenvalue weighted by Crippen LogP contribution is 2.42. The number of hydrogen-bond acceptors (Lipinski definition) is 3. The minimum atomic E-state index is -4.79. The Morgan fingerprint density at radius 2 is 1.84 bits per heavy atom. The predicted octanol–water partition coefficient (Wildman–Crippen LogP) is 4.13. The highest BCUT2D eigenvalue weighted by molar-refractivity contribution is 5.92. The second kappa shape index (κ2) is 10.7. The summed E-state index contributed by atoms with van der Waals surface area (Å²) in [5.74, 6) is -0.328. The maximum atomic E-state index is 13.5. The van der Waals surface area contributed by atoms with Crippen LogP contribution in [-0.4, -0.2) is 23.7 Å². The number of nitrogens with one attached hydrogen (secondary N) is 2. The van der Waals surface area contributed by atoms with E-state index in [0.29, 0.717) is 30.8 Å². The van der Waals surface area contributed by atoms with Gasteiger partial charge in [0.15, 0.2) is 5.60 Å². The van der Waals surface area contributed by atoms with Crippen molar-refractivity contribution in [2.45, 2.75) is 57.7 Å². The number of quaternary nitrogens is 1. The van der Waals surface area contributed by atoms with Crippen LogP contribution in [-0.2, 0) is 10.4 Å². The summed E-state index contributed by atoms with van der Waals surface area (Å²) in [6.07, 6.45) is 3.25. The molecule has 0 fully saturated rings. The van der Waals surface area contributed by atoms with E-state index in [4.69, 9.17) is 0 Å². The number of hydroxylamine groups is 2. The second-order valence-electron chi connectivity index (χ2n) is 7.55. The molecule has 2 atom stereocenters. The van der Waals surface area contributed by atoms with Gasteiger partial charge in [0.2, 0.25) is 5.91 Å². The van der Waals surface area contributed by atoms with Gasteiger partial charge in [0.25, 0.3) is 0 Å². The average molecular weight is 438 g/mol. The lowest BCUT2D eigenvalue weighted by Gasteiger charge is -2.31. The maximum Gasteiger partial charge on any atom is 0.421 e. The molecule has 170 valence electrons. The number of halogens is 3. The zero-order chi connectivity index (χ0) is 23.1. The van der Waals surface area contributed by atoms with Crippen LogP contribution in [0, 0.1) is 5.21 Å². The number of allylic oxidation sites excluding steroid dienone is 4. The Bertz CT molecular complexity index is 845. The smallest absolute Gasteiger partial charge is 0.421 e. The summed E-state index contributed by atoms with van der Waals surface area (Å²) < 4.78 is 40.4. The number of unbranched alkanes of at least 4 members (excludes halogenated alkanes) is 1. The first-order valence-electron chi connectivity index (χ1n) is 10.4. The summed E-state index contributed by atoms with van der Waals surface area (Å²) in [5, 5.41) is 24.8. The van der Waals surface area contributed by atoms with Crippen molar-refractivity contribution < 1.29 is 28.1 Å². The van der Waals surface area contributed by atoms with E-state index in [1.54, 1.807) is 26.0 Å². The largest absolute Gasteiger partial charge is 0.629 e. The van der Waals surface area contributed by atoms with Gasteiger partial charge >= 0.3 is 6.18 Å². The van der Waals surface area contributed by atoms with Crippen LogP contribution >= 0.6 is 0 Å². The maximum absolute atomic E-state index is 13.5. The monoisotopic (exact) mass is 438 g/mol. The van der Waals surface area contributed by atoms with E-state index in [1.807, 2.05) is 12.2 Å². The molecule has 1 aromatic carbocycles. The molecule has 0 saturated heterocycles. The van der Waals surface area contributed by atoms with Crippen LogP contribution in [0.5, 0.6) is 0 Å². The standard InChI is InChI=1S/C23H29F3N2O3/c1-3-5-15-22(30,23(24,25)26)18-10-12-19(13-11-18)27-21(29)16-17-7-6-8-20(14-9-17)28(31)4-2/h7-14,28,30H,3-6,15-16H2,1-2H3,(H,27,29). The molecule has 1 amide bonds. The number of hydrogen-bond donors (Lipinski definition) is 3. The SMILES string of the molecule is CCCCC(O)(c1ccc(NC(=O)CC2=CCC=C([NH+]([O-])CC)C=C2)cc1)C(F)(F)F. The molecule has 0 heterocycles. The summed E-state index contributed by atoms with van der Waals surface area (Å²) in [7, 11) is 0. The Balaban J connectivity index is 2.03. The summed E-state index contributed by atoms with van der Waals surface area (Å²) >= 11 is 0. The molecule has 2 rings (SSSR count). The molecule has 2 unspecified atom stereocenters. The molecule has 3 N–H and O–H groups in total. The Morgan fingerprint density at radius 3 is 2.42 bits per heavy atom. The quantitative estimate of drug-likeness (QED) is 0.508. The highest BCUT2D eigenvalue weighted by Gasteiger charge is 2.54. The Kier molecular flexibility index (Phi) is 8.61. The topological polar surface area (TPSA) is 76.8 Å². The van der Waals surface area contributed by atoms with Gasteiger partial charge in [-0.05, 0) is 55.2 Å². The van der Waals surface area contributed by atoms with Gasteiger partial charge in [-0.1, -0.05) is 44.1 Å². The minimum Gasteiger partial charge on any atom is -0.629 e. The van der Waals surface area contributed by atoms with Crippen molar-refractivity contribution in [3.8, 4) is 0 Å². The fraction of sp³-hybridized carbons (Fsp3) is 0.435. The van der Waals surface area contributed by atoms with E-state index in [1.165, 1.54) is 24.3 Å². The van der Waals surface area contributed by atoms with Gasteiger partial charge in [-0.3, -0.25) is 4.79 Å². The fourth-order valence-corrected chi connectivity index (χ4v) is 3.31. The molecule has 0 saturated carbocycles. The van der Waals surface area contributed by atoms with Crippen LogP contribution in [0.1, 0.15) is 51.5 Å². The summed E-state index contributed by atoms with van der Waals surface area (Å²) in [4.78, 5) is 12.3. The average Bonchev–Trinajstić information content (AvgIpc) is 2.96. The molecule has 0 bridgehead atoms. The lowest BCUT2D eigenvalue weighted by Crippen LogP contribution is -3.04. The summed E-state index contributed by atoms with van der Waals surface area (Å²) in [5.41, 5.74) is -1.46. The lowest BCUT2D eigenvalue weighted by molar-refractivity contribution is -0.800. The van der Waals surface area contributed by atoms with Gasteiger partial charge in [-0.25, -0.2) is 0 Å². The van der Waals surface area contributed by atoms with Crippen LogP contribution < -0.4 is 10.4 Å². The second-order valence-corrected chi connectivity index (χ2v) is 7.55. The molecule has 8 heteroatoms. The van der Waals surface area contributed by atoms with Crippen LogP contribution in [0.3, 0.4) is 0 Å². The number of likely N-dealkylation sites (N-methyl/N-ethyl adjacent to an activating group) is 1. The number of anilines is 1. The molecule has 1 aliphatic carbocycles. The van der Waals surface area contributed by atoms with Crippen LogP contribution in [0.4, 0.5) is 18.9 Å². The molecule has 0 radical (unpaired) electrons. The molecule has 5 nitrogen and oxygen atoms in total. The first-order valence-corrected chi connectivity index (χ1v) is 10.4. The lowest BCUT2D eigenvalue weighted by atomic mass is 9.88. The van der Waals surface area contributed by atoms with E-state index in [9.17, 15) is 28.3 Å². The molecular formula is C23H29F3N2O3. The predicted molar refractivity (Wildman–Crippen MR) is 114 cm³/mol. The number of carbonyl (C=O) groups is 1. The first-order chi connectivity index (χ1) is 14.6. The number of rotatable bonds is 9. The molecule has 0 aliphatic heterocycles. The van der Waals surface area contributed by atoms with Gasteiger partial charge in [-0.2, -0.15) is 13.2 Å². The third-order valence-electron chi connectivity index (χ3n) is 5.21. The van der Waals surface area contributed by atoms with Crippen molar-refractivity contribution in [2.24, 2.45) is 0 Å². The van der Waals surface area contributed by atoms with Crippen LogP contribution in [0.2, 0.25) is 0 Å². The molecule has 1 aliphatic rings. The van der Waals surface area contributed by atoms with Gasteiger partial charge in [0, 0.05) is 5.69 Å². The number of amides is 1. The molecular weight excluding hydrogens is 409 g/mol. The fourth-order valence-electron chi connectivity index (χ4n) is 3.31. The Labute approximate surface area is 180 Å². The van der Waals surface area contributed by atoms with Crippen molar-refractivity contribution in [1.29, 1.82) is 0 Å². The zero-order valence-electron chi connectivity index (χ0n) is 17.8. The highest BCUT2D eigenvalue weighted by atomic mass is 19.4. The third-order valence-corrected chi connectivity index (χ3v) is 5.21. The van der Waals surface area contributed by atoms with Crippen LogP contribution in [0.25, 0.3) is 0 Å². The van der Waals surface area contributed by atoms with Crippen LogP contribution in [0.15, 0.2) is 59.8 Å². The number of aliphatic hydroxyl groups is 1. The number of carbonyl (C=O) groups excluding carboxylic acids is 1. The first kappa shape index (κ1) is 24.8. The number of benzene rings is 1. The molecule has 31 heavy (non-hydrogen) atoms. The zero-order valence-corrected chi connectivity index (χ0v) is 17.8. The summed E-state index contributed by atoms with van der Waals surface area (Å²) in [6, 6.07) is 5.09. The van der Waals surface area contributed by atoms with Crippen molar-refractivity contribution in [3.63, 3.8) is 0 Å². The van der Waals surface area contributed by atoms with E-state index in [-0.39, 0.29) is 29.4 Å². The Hall–Kier alpha value is -2.42. The van der Waals surface area contributed by atoms with Crippen molar-refractivity contribution in [2.75, 3.05) is 11.9 Å². The van der Waals surface area contributed by atoms with Gasteiger partial charge in [0.1, 0.15) is 5.70 Å². The normalized spacial score (nSPS) is 17.3. The van der Waals surface area contributed by atoms with Crippen molar-refractivity contribution in [1.82, 2.24) is 0 Å². The molecule has 1 aromatic rings. The minimum absolute atomic E-state index is 0.0354. The van der Waals surface area contributed by atoms with Gasteiger partial charge in [-0.15, -0.1) is 0 Å². The molecule has 0 aromatic heterocycles. The van der Waals surface area contributed by atoms with Gasteiger partial charge < -0.3 is 20.7 Å². The van der Waals surface area contributed by atoms with E-state index < -0.39 is 18.2 Å². The number of alkyl halides is 3. The van der Waals surface area contributed by atoms with Gasteiger partial charge in [0.05, 0.1) is 13.0 Å².